The zero-order valence-corrected chi connectivity index (χ0v) is 28.7. The number of hydrogen-bond donors (Lipinski definition) is 0. The number of carbonyl (C=O) groups is 1. The number of ketones is 1. The molecule has 0 radical (unpaired) electrons. The van der Waals surface area contributed by atoms with Gasteiger partial charge in [0.2, 0.25) is 0 Å². The Labute approximate surface area is 260 Å². The van der Waals surface area contributed by atoms with Crippen molar-refractivity contribution in [2.24, 2.45) is 5.92 Å². The summed E-state index contributed by atoms with van der Waals surface area (Å²) in [6, 6.07) is 10.7. The van der Waals surface area contributed by atoms with Crippen LogP contribution in [0.1, 0.15) is 146 Å². The van der Waals surface area contributed by atoms with Crippen molar-refractivity contribution in [3.8, 4) is 5.75 Å². The highest BCUT2D eigenvalue weighted by molar-refractivity contribution is 9.10. The maximum atomic E-state index is 13.7. The van der Waals surface area contributed by atoms with Crippen LogP contribution >= 0.6 is 15.9 Å². The fourth-order valence-corrected chi connectivity index (χ4v) is 6.09. The highest BCUT2D eigenvalue weighted by atomic mass is 79.9. The molecule has 0 N–H and O–H groups in total. The summed E-state index contributed by atoms with van der Waals surface area (Å²) < 4.78 is 7.47. The number of aryl methyl sites for hydroxylation is 1. The van der Waals surface area contributed by atoms with Gasteiger partial charge in [0.25, 0.3) is 0 Å². The number of hydrogen-bond acceptors (Lipinski definition) is 3. The molecule has 2 atom stereocenters. The van der Waals surface area contributed by atoms with Gasteiger partial charge in [0.05, 0.1) is 23.5 Å². The summed E-state index contributed by atoms with van der Waals surface area (Å²) in [5.41, 5.74) is 6.14. The molecule has 0 aromatic heterocycles. The minimum absolute atomic E-state index is 0.0624. The number of rotatable bonds is 20. The molecule has 0 heterocycles. The highest BCUT2D eigenvalue weighted by Gasteiger charge is 2.27. The van der Waals surface area contributed by atoms with E-state index in [4.69, 9.17) is 4.74 Å². The third-order valence-electron chi connectivity index (χ3n) is 8.32. The van der Waals surface area contributed by atoms with Crippen molar-refractivity contribution in [1.29, 1.82) is 0 Å². The van der Waals surface area contributed by atoms with Crippen molar-refractivity contribution in [1.82, 2.24) is 0 Å². The van der Waals surface area contributed by atoms with Gasteiger partial charge in [0, 0.05) is 22.2 Å². The van der Waals surface area contributed by atoms with Crippen molar-refractivity contribution in [3.63, 3.8) is 0 Å². The Morgan fingerprint density at radius 3 is 2.27 bits per heavy atom. The van der Waals surface area contributed by atoms with Crippen molar-refractivity contribution in [2.45, 2.75) is 131 Å². The monoisotopic (exact) mass is 625 g/mol. The van der Waals surface area contributed by atoms with Crippen LogP contribution in [0.2, 0.25) is 0 Å². The third kappa shape index (κ3) is 9.73. The van der Waals surface area contributed by atoms with E-state index in [1.165, 1.54) is 62.5 Å². The van der Waals surface area contributed by atoms with Crippen LogP contribution in [0.5, 0.6) is 5.75 Å². The first-order chi connectivity index (χ1) is 19.7. The molecule has 0 aliphatic rings. The van der Waals surface area contributed by atoms with Gasteiger partial charge in [0.1, 0.15) is 5.75 Å². The summed E-state index contributed by atoms with van der Waals surface area (Å²) in [4.78, 5) is 15.9. The molecule has 41 heavy (non-hydrogen) atoms. The summed E-state index contributed by atoms with van der Waals surface area (Å²) in [5.74, 6) is 1.58. The first kappa shape index (κ1) is 35.1. The summed E-state index contributed by atoms with van der Waals surface area (Å²) in [5, 5.41) is 0. The van der Waals surface area contributed by atoms with Gasteiger partial charge in [-0.1, -0.05) is 105 Å². The highest BCUT2D eigenvalue weighted by Crippen LogP contribution is 2.44. The molecule has 0 aliphatic carbocycles. The second-order valence-corrected chi connectivity index (χ2v) is 12.5. The van der Waals surface area contributed by atoms with Crippen LogP contribution in [0.3, 0.4) is 0 Å². The lowest BCUT2D eigenvalue weighted by molar-refractivity contribution is 0.0927. The van der Waals surface area contributed by atoms with Crippen molar-refractivity contribution in [3.05, 3.63) is 63.8 Å². The van der Waals surface area contributed by atoms with E-state index in [0.29, 0.717) is 5.92 Å². The zero-order chi connectivity index (χ0) is 30.4. The molecule has 2 aromatic rings. The Morgan fingerprint density at radius 1 is 0.927 bits per heavy atom. The van der Waals surface area contributed by atoms with Crippen LogP contribution in [0.15, 0.2) is 47.1 Å². The fourth-order valence-electron chi connectivity index (χ4n) is 5.54. The lowest BCUT2D eigenvalue weighted by atomic mass is 9.87. The van der Waals surface area contributed by atoms with Crippen molar-refractivity contribution < 1.29 is 9.53 Å². The summed E-state index contributed by atoms with van der Waals surface area (Å²) in [6.07, 6.45) is 13.5. The molecule has 2 aromatic carbocycles. The summed E-state index contributed by atoms with van der Waals surface area (Å²) in [6.45, 7) is 20.4. The summed E-state index contributed by atoms with van der Waals surface area (Å²) in [7, 11) is 0. The maximum Gasteiger partial charge on any atom is 0.168 e. The number of allylic oxidation sites excluding steroid dienone is 1. The molecule has 228 valence electrons. The lowest BCUT2D eigenvalue weighted by Crippen LogP contribution is -2.22. The predicted octanol–water partition coefficient (Wildman–Crippen LogP) is 12.5. The number of ether oxygens (including phenoxy) is 1. The van der Waals surface area contributed by atoms with Gasteiger partial charge in [-0.2, -0.15) is 0 Å². The average Bonchev–Trinajstić information content (AvgIpc) is 2.97. The SMILES string of the molecule is C=C(CC)N(c1cc(OCCCCCC)c(C(CCC)CCCCC)cc1C)c1cccc(Br)c1C(=O)C(C)CC. The predicted molar refractivity (Wildman–Crippen MR) is 182 cm³/mol. The van der Waals surface area contributed by atoms with Crippen LogP contribution in [-0.2, 0) is 0 Å². The Balaban J connectivity index is 2.72. The first-order valence-corrected chi connectivity index (χ1v) is 17.1. The Bertz CT molecular complexity index is 1110. The topological polar surface area (TPSA) is 29.5 Å². The molecule has 0 fully saturated rings. The Hall–Kier alpha value is -2.07. The smallest absolute Gasteiger partial charge is 0.168 e. The Kier molecular flexibility index (Phi) is 15.8. The van der Waals surface area contributed by atoms with Gasteiger partial charge in [0.15, 0.2) is 5.78 Å². The number of nitrogens with zero attached hydrogens (tertiary/aromatic N) is 1. The molecule has 0 bridgehead atoms. The molecule has 4 heteroatoms. The van der Waals surface area contributed by atoms with Gasteiger partial charge >= 0.3 is 0 Å². The first-order valence-electron chi connectivity index (χ1n) is 16.3. The number of anilines is 2. The minimum atomic E-state index is -0.0624. The molecule has 0 saturated heterocycles. The van der Waals surface area contributed by atoms with Crippen molar-refractivity contribution in [2.75, 3.05) is 11.5 Å². The summed E-state index contributed by atoms with van der Waals surface area (Å²) >= 11 is 3.72. The number of unbranched alkanes of at least 4 members (excludes halogenated alkanes) is 5. The van der Waals surface area contributed by atoms with E-state index in [1.54, 1.807) is 0 Å². The second-order valence-electron chi connectivity index (χ2n) is 11.6. The molecule has 2 unspecified atom stereocenters. The molecule has 0 saturated carbocycles. The molecule has 2 rings (SSSR count). The van der Waals surface area contributed by atoms with Crippen LogP contribution in [0, 0.1) is 12.8 Å². The largest absolute Gasteiger partial charge is 0.493 e. The van der Waals surface area contributed by atoms with E-state index >= 15 is 0 Å². The molecule has 0 amide bonds. The van der Waals surface area contributed by atoms with E-state index < -0.39 is 0 Å². The molecule has 3 nitrogen and oxygen atoms in total. The number of halogens is 1. The molecule has 0 aliphatic heterocycles. The van der Waals surface area contributed by atoms with Gasteiger partial charge in [-0.3, -0.25) is 4.79 Å². The second kappa shape index (κ2) is 18.5. The molecular formula is C37H56BrNO2. The van der Waals surface area contributed by atoms with E-state index in [9.17, 15) is 4.79 Å². The fraction of sp³-hybridized carbons (Fsp3) is 0.595. The lowest BCUT2D eigenvalue weighted by Gasteiger charge is -2.32. The number of carbonyl (C=O) groups excluding carboxylic acids is 1. The number of Topliss-reactive ketones (excluding diaryl/α,β-unsaturated/α-hetero) is 1. The maximum absolute atomic E-state index is 13.7. The van der Waals surface area contributed by atoms with Crippen LogP contribution in [0.4, 0.5) is 11.4 Å². The quantitative estimate of drug-likeness (QED) is 0.108. The van der Waals surface area contributed by atoms with E-state index in [2.05, 4.69) is 87.2 Å². The Morgan fingerprint density at radius 2 is 1.63 bits per heavy atom. The van der Waals surface area contributed by atoms with E-state index in [1.807, 2.05) is 19.1 Å². The van der Waals surface area contributed by atoms with Gasteiger partial charge in [-0.25, -0.2) is 0 Å². The number of benzene rings is 2. The average molecular weight is 627 g/mol. The zero-order valence-electron chi connectivity index (χ0n) is 27.1. The van der Waals surface area contributed by atoms with Gasteiger partial charge in [-0.15, -0.1) is 0 Å². The van der Waals surface area contributed by atoms with Gasteiger partial charge in [-0.05, 0) is 84.1 Å². The van der Waals surface area contributed by atoms with E-state index in [-0.39, 0.29) is 11.7 Å². The standard InChI is InChI=1S/C37H56BrNO2/c1-9-14-16-18-24-41-35-26-34(28(7)25-31(35)30(20-11-3)21-17-15-10-2)39(29(8)13-5)33-23-19-22-32(38)36(33)37(40)27(6)12-4/h19,22-23,25-27,30H,8-18,20-21,24H2,1-7H3. The normalized spacial score (nSPS) is 12.7. The van der Waals surface area contributed by atoms with Crippen molar-refractivity contribution >= 4 is 33.1 Å². The third-order valence-corrected chi connectivity index (χ3v) is 8.98. The van der Waals surface area contributed by atoms with Gasteiger partial charge < -0.3 is 9.64 Å². The van der Waals surface area contributed by atoms with Crippen LogP contribution in [-0.4, -0.2) is 12.4 Å². The molecular weight excluding hydrogens is 570 g/mol. The van der Waals surface area contributed by atoms with E-state index in [0.717, 1.165) is 65.1 Å². The van der Waals surface area contributed by atoms with Crippen LogP contribution in [0.25, 0.3) is 0 Å². The molecule has 0 spiro atoms. The minimum Gasteiger partial charge on any atom is -0.493 e. The van der Waals surface area contributed by atoms with Crippen LogP contribution < -0.4 is 9.64 Å².